The molecule has 0 saturated carbocycles. The van der Waals surface area contributed by atoms with Crippen molar-refractivity contribution in [2.75, 3.05) is 26.7 Å². The molecule has 2 heterocycles. The van der Waals surface area contributed by atoms with Gasteiger partial charge in [-0.1, -0.05) is 0 Å². The Bertz CT molecular complexity index is 349. The molecule has 0 aliphatic carbocycles. The van der Waals surface area contributed by atoms with Crippen LogP contribution in [-0.2, 0) is 4.79 Å². The summed E-state index contributed by atoms with van der Waals surface area (Å²) in [6, 6.07) is -1.24. The van der Waals surface area contributed by atoms with Crippen LogP contribution in [0.3, 0.4) is 0 Å². The van der Waals surface area contributed by atoms with Gasteiger partial charge in [0, 0.05) is 25.6 Å². The standard InChI is InChI=1S/C11H19N3O4/c1-13-3-2-7(5-13)12-11(18)14-6-8(15)4-9(14)10(16)17/h7-9,15H,2-6H2,1H3,(H,12,18)(H,16,17). The quantitative estimate of drug-likeness (QED) is 0.585. The van der Waals surface area contributed by atoms with E-state index in [9.17, 15) is 14.7 Å². The molecule has 0 radical (unpaired) electrons. The molecule has 0 bridgehead atoms. The third-order valence-corrected chi connectivity index (χ3v) is 3.54. The van der Waals surface area contributed by atoms with Crippen LogP contribution in [0.5, 0.6) is 0 Å². The van der Waals surface area contributed by atoms with Crippen LogP contribution < -0.4 is 5.32 Å². The third kappa shape index (κ3) is 2.73. The molecule has 0 aromatic rings. The first-order valence-electron chi connectivity index (χ1n) is 6.14. The van der Waals surface area contributed by atoms with Crippen LogP contribution in [0.25, 0.3) is 0 Å². The third-order valence-electron chi connectivity index (χ3n) is 3.54. The number of carboxylic acid groups (broad SMARTS) is 1. The van der Waals surface area contributed by atoms with Crippen LogP contribution in [-0.4, -0.2) is 76.9 Å². The predicted molar refractivity (Wildman–Crippen MR) is 63.2 cm³/mol. The Morgan fingerprint density at radius 2 is 2.06 bits per heavy atom. The highest BCUT2D eigenvalue weighted by atomic mass is 16.4. The maximum absolute atomic E-state index is 12.0. The smallest absolute Gasteiger partial charge is 0.326 e. The number of amides is 2. The number of aliphatic hydroxyl groups is 1. The maximum atomic E-state index is 12.0. The lowest BCUT2D eigenvalue weighted by Gasteiger charge is -2.23. The van der Waals surface area contributed by atoms with Crippen molar-refractivity contribution in [3.8, 4) is 0 Å². The van der Waals surface area contributed by atoms with Crippen molar-refractivity contribution in [2.45, 2.75) is 31.0 Å². The molecule has 0 spiro atoms. The van der Waals surface area contributed by atoms with Gasteiger partial charge in [0.25, 0.3) is 0 Å². The fourth-order valence-corrected chi connectivity index (χ4v) is 2.58. The Kier molecular flexibility index (Phi) is 3.72. The number of β-amino-alcohol motifs (C(OH)–C–C–N with tert-alkyl or cyclic N) is 1. The molecule has 2 amide bonds. The number of likely N-dealkylation sites (tertiary alicyclic amines) is 2. The van der Waals surface area contributed by atoms with E-state index in [2.05, 4.69) is 10.2 Å². The molecule has 3 unspecified atom stereocenters. The monoisotopic (exact) mass is 257 g/mol. The number of hydrogen-bond acceptors (Lipinski definition) is 4. The summed E-state index contributed by atoms with van der Waals surface area (Å²) >= 11 is 0. The van der Waals surface area contributed by atoms with E-state index < -0.39 is 18.1 Å². The van der Waals surface area contributed by atoms with Crippen LogP contribution in [0.1, 0.15) is 12.8 Å². The van der Waals surface area contributed by atoms with Crippen molar-refractivity contribution in [1.82, 2.24) is 15.1 Å². The molecule has 2 aliphatic heterocycles. The summed E-state index contributed by atoms with van der Waals surface area (Å²) in [7, 11) is 1.98. The predicted octanol–water partition coefficient (Wildman–Crippen LogP) is -1.08. The number of carbonyl (C=O) groups excluding carboxylic acids is 1. The van der Waals surface area contributed by atoms with Gasteiger partial charge in [-0.3, -0.25) is 0 Å². The molecule has 3 N–H and O–H groups in total. The van der Waals surface area contributed by atoms with Crippen molar-refractivity contribution in [3.63, 3.8) is 0 Å². The molecule has 18 heavy (non-hydrogen) atoms. The zero-order valence-electron chi connectivity index (χ0n) is 10.4. The number of aliphatic hydroxyl groups excluding tert-OH is 1. The van der Waals surface area contributed by atoms with Gasteiger partial charge < -0.3 is 25.3 Å². The summed E-state index contributed by atoms with van der Waals surface area (Å²) in [5, 5.41) is 21.3. The highest BCUT2D eigenvalue weighted by molar-refractivity contribution is 5.83. The molecule has 2 fully saturated rings. The van der Waals surface area contributed by atoms with E-state index in [1.807, 2.05) is 7.05 Å². The van der Waals surface area contributed by atoms with Crippen molar-refractivity contribution in [3.05, 3.63) is 0 Å². The minimum Gasteiger partial charge on any atom is -0.480 e. The van der Waals surface area contributed by atoms with Gasteiger partial charge in [-0.2, -0.15) is 0 Å². The van der Waals surface area contributed by atoms with E-state index in [1.54, 1.807) is 0 Å². The number of urea groups is 1. The lowest BCUT2D eigenvalue weighted by atomic mass is 10.2. The summed E-state index contributed by atoms with van der Waals surface area (Å²) < 4.78 is 0. The lowest BCUT2D eigenvalue weighted by molar-refractivity contribution is -0.141. The Balaban J connectivity index is 1.93. The van der Waals surface area contributed by atoms with Crippen LogP contribution >= 0.6 is 0 Å². The Labute approximate surface area is 105 Å². The average Bonchev–Trinajstić information content (AvgIpc) is 2.85. The second-order valence-corrected chi connectivity index (χ2v) is 5.09. The van der Waals surface area contributed by atoms with Gasteiger partial charge in [0.1, 0.15) is 6.04 Å². The second-order valence-electron chi connectivity index (χ2n) is 5.09. The van der Waals surface area contributed by atoms with Crippen molar-refractivity contribution in [1.29, 1.82) is 0 Å². The second kappa shape index (κ2) is 5.11. The highest BCUT2D eigenvalue weighted by Crippen LogP contribution is 2.18. The number of nitrogens with one attached hydrogen (secondary N) is 1. The molecule has 0 aromatic carbocycles. The Hall–Kier alpha value is -1.34. The van der Waals surface area contributed by atoms with E-state index in [4.69, 9.17) is 5.11 Å². The highest BCUT2D eigenvalue weighted by Gasteiger charge is 2.39. The topological polar surface area (TPSA) is 93.1 Å². The molecular formula is C11H19N3O4. The number of rotatable bonds is 2. The van der Waals surface area contributed by atoms with E-state index in [-0.39, 0.29) is 25.0 Å². The van der Waals surface area contributed by atoms with Gasteiger partial charge in [-0.15, -0.1) is 0 Å². The van der Waals surface area contributed by atoms with E-state index in [0.717, 1.165) is 19.5 Å². The van der Waals surface area contributed by atoms with Crippen molar-refractivity contribution >= 4 is 12.0 Å². The van der Waals surface area contributed by atoms with E-state index in [1.165, 1.54) is 4.90 Å². The fourth-order valence-electron chi connectivity index (χ4n) is 2.58. The van der Waals surface area contributed by atoms with E-state index >= 15 is 0 Å². The van der Waals surface area contributed by atoms with Gasteiger partial charge >= 0.3 is 12.0 Å². The molecule has 2 rings (SSSR count). The maximum Gasteiger partial charge on any atom is 0.326 e. The van der Waals surface area contributed by atoms with Crippen LogP contribution in [0.2, 0.25) is 0 Å². The normalized spacial score (nSPS) is 32.8. The molecular weight excluding hydrogens is 238 g/mol. The molecule has 3 atom stereocenters. The van der Waals surface area contributed by atoms with Gasteiger partial charge in [0.2, 0.25) is 0 Å². The summed E-state index contributed by atoms with van der Waals surface area (Å²) in [4.78, 5) is 26.3. The van der Waals surface area contributed by atoms with Crippen molar-refractivity contribution < 1.29 is 19.8 Å². The molecule has 102 valence electrons. The Morgan fingerprint density at radius 3 is 2.61 bits per heavy atom. The van der Waals surface area contributed by atoms with Gasteiger partial charge in [-0.05, 0) is 20.0 Å². The minimum absolute atomic E-state index is 0.0645. The summed E-state index contributed by atoms with van der Waals surface area (Å²) in [5.41, 5.74) is 0. The molecule has 2 aliphatic rings. The number of likely N-dealkylation sites (N-methyl/N-ethyl adjacent to an activating group) is 1. The van der Waals surface area contributed by atoms with Crippen molar-refractivity contribution in [2.24, 2.45) is 0 Å². The van der Waals surface area contributed by atoms with Gasteiger partial charge in [0.05, 0.1) is 6.10 Å². The van der Waals surface area contributed by atoms with Crippen LogP contribution in [0.4, 0.5) is 4.79 Å². The molecule has 7 heteroatoms. The lowest BCUT2D eigenvalue weighted by Crippen LogP contribution is -2.49. The minimum atomic E-state index is -1.06. The molecule has 0 aromatic heterocycles. The number of nitrogens with zero attached hydrogens (tertiary/aromatic N) is 2. The van der Waals surface area contributed by atoms with Gasteiger partial charge in [0.15, 0.2) is 0 Å². The fraction of sp³-hybridized carbons (Fsp3) is 0.818. The Morgan fingerprint density at radius 1 is 1.33 bits per heavy atom. The number of carbonyl (C=O) groups is 2. The zero-order valence-corrected chi connectivity index (χ0v) is 10.4. The summed E-state index contributed by atoms with van der Waals surface area (Å²) in [6.07, 6.45) is 0.229. The number of hydrogen-bond donors (Lipinski definition) is 3. The number of aliphatic carboxylic acids is 1. The molecule has 2 saturated heterocycles. The average molecular weight is 257 g/mol. The first kappa shape index (κ1) is 13.1. The van der Waals surface area contributed by atoms with E-state index in [0.29, 0.717) is 0 Å². The molecule has 7 nitrogen and oxygen atoms in total. The first-order valence-corrected chi connectivity index (χ1v) is 6.14. The first-order chi connectivity index (χ1) is 8.47. The summed E-state index contributed by atoms with van der Waals surface area (Å²) in [6.45, 7) is 1.79. The zero-order chi connectivity index (χ0) is 13.3. The largest absolute Gasteiger partial charge is 0.480 e. The number of carboxylic acids is 1. The SMILES string of the molecule is CN1CCC(NC(=O)N2CC(O)CC2C(=O)O)C1. The van der Waals surface area contributed by atoms with Crippen LogP contribution in [0.15, 0.2) is 0 Å². The van der Waals surface area contributed by atoms with Gasteiger partial charge in [-0.25, -0.2) is 9.59 Å². The summed E-state index contributed by atoms with van der Waals surface area (Å²) in [5.74, 6) is -1.06. The van der Waals surface area contributed by atoms with Crippen LogP contribution in [0, 0.1) is 0 Å².